The molecule has 0 unspecified atom stereocenters. The van der Waals surface area contributed by atoms with Crippen molar-refractivity contribution in [2.75, 3.05) is 16.9 Å². The van der Waals surface area contributed by atoms with E-state index in [1.165, 1.54) is 13.1 Å². The smallest absolute Gasteiger partial charge is 0.298 e. The molecule has 0 aromatic heterocycles. The Kier molecular flexibility index (Phi) is 2.72. The van der Waals surface area contributed by atoms with Gasteiger partial charge < -0.3 is 0 Å². The summed E-state index contributed by atoms with van der Waals surface area (Å²) in [4.78, 5) is 2.28. The summed E-state index contributed by atoms with van der Waals surface area (Å²) in [6.45, 7) is 0. The Morgan fingerprint density at radius 3 is 2.89 bits per heavy atom. The van der Waals surface area contributed by atoms with Crippen molar-refractivity contribution in [2.45, 2.75) is 0 Å². The molecule has 10 heteroatoms. The number of anilines is 2. The highest BCUT2D eigenvalue weighted by molar-refractivity contribution is 7.91. The summed E-state index contributed by atoms with van der Waals surface area (Å²) in [6, 6.07) is 6.40. The van der Waals surface area contributed by atoms with Crippen LogP contribution in [-0.4, -0.2) is 20.6 Å². The number of hydrazine groups is 2. The number of nitrogens with one attached hydrogen (secondary N) is 1. The Morgan fingerprint density at radius 2 is 2.28 bits per heavy atom. The molecule has 0 fully saturated rings. The van der Waals surface area contributed by atoms with E-state index in [-0.39, 0.29) is 5.69 Å². The van der Waals surface area contributed by atoms with Crippen LogP contribution in [0.3, 0.4) is 0 Å². The maximum atomic E-state index is 11.7. The molecular weight excluding hydrogens is 258 g/mol. The molecule has 0 amide bonds. The van der Waals surface area contributed by atoms with Gasteiger partial charge in [-0.3, -0.25) is 5.43 Å². The molecule has 18 heavy (non-hydrogen) atoms. The van der Waals surface area contributed by atoms with Crippen molar-refractivity contribution in [3.63, 3.8) is 0 Å². The van der Waals surface area contributed by atoms with E-state index in [4.69, 9.17) is 10.8 Å². The number of hydrogen-bond acceptors (Lipinski definition) is 5. The minimum absolute atomic E-state index is 0.226. The van der Waals surface area contributed by atoms with Crippen molar-refractivity contribution < 1.29 is 8.42 Å². The molecule has 0 radical (unpaired) electrons. The van der Waals surface area contributed by atoms with E-state index >= 15 is 0 Å². The van der Waals surface area contributed by atoms with E-state index < -0.39 is 10.2 Å². The fourth-order valence-corrected chi connectivity index (χ4v) is 2.51. The maximum absolute atomic E-state index is 11.7. The first-order chi connectivity index (χ1) is 8.49. The van der Waals surface area contributed by atoms with Gasteiger partial charge in [-0.1, -0.05) is 0 Å². The summed E-state index contributed by atoms with van der Waals surface area (Å²) < 4.78 is 27.0. The average molecular weight is 265 g/mol. The third-order valence-corrected chi connectivity index (χ3v) is 3.40. The van der Waals surface area contributed by atoms with Gasteiger partial charge in [-0.25, -0.2) is 0 Å². The van der Waals surface area contributed by atoms with Gasteiger partial charge in [0.25, 0.3) is 0 Å². The molecule has 0 aliphatic carbocycles. The van der Waals surface area contributed by atoms with Crippen LogP contribution in [-0.2, 0) is 10.2 Å². The predicted octanol–water partition coefficient (Wildman–Crippen LogP) is 1.11. The third kappa shape index (κ3) is 1.78. The van der Waals surface area contributed by atoms with Crippen molar-refractivity contribution in [3.8, 4) is 6.07 Å². The third-order valence-electron chi connectivity index (χ3n) is 2.25. The lowest BCUT2D eigenvalue weighted by Gasteiger charge is -2.22. The molecule has 0 saturated carbocycles. The monoisotopic (exact) mass is 265 g/mol. The molecule has 1 aromatic rings. The summed E-state index contributed by atoms with van der Waals surface area (Å²) >= 11 is 0. The first kappa shape index (κ1) is 12.0. The lowest BCUT2D eigenvalue weighted by Crippen LogP contribution is -2.41. The van der Waals surface area contributed by atoms with Crippen molar-refractivity contribution in [1.82, 2.24) is 5.12 Å². The molecule has 1 heterocycles. The van der Waals surface area contributed by atoms with Gasteiger partial charge in [-0.05, 0) is 23.7 Å². The lowest BCUT2D eigenvalue weighted by molar-refractivity contribution is 0.438. The second-order valence-corrected chi connectivity index (χ2v) is 4.78. The van der Waals surface area contributed by atoms with Gasteiger partial charge in [-0.2, -0.15) is 18.1 Å². The van der Waals surface area contributed by atoms with E-state index in [1.807, 2.05) is 6.07 Å². The van der Waals surface area contributed by atoms with Crippen LogP contribution in [0.15, 0.2) is 22.7 Å². The van der Waals surface area contributed by atoms with Gasteiger partial charge in [0, 0.05) is 12.0 Å². The van der Waals surface area contributed by atoms with E-state index in [2.05, 4.69) is 14.9 Å². The number of rotatable bonds is 2. The summed E-state index contributed by atoms with van der Waals surface area (Å²) in [5.74, 6) is 0. The van der Waals surface area contributed by atoms with Crippen molar-refractivity contribution in [1.29, 1.82) is 5.26 Å². The minimum Gasteiger partial charge on any atom is -0.298 e. The SMILES string of the molecule is CN1Nc2ccc(C#N)cc2N1S(=O)(=O)N=[N+]=[N-]. The molecule has 2 rings (SSSR count). The quantitative estimate of drug-likeness (QED) is 0.487. The molecule has 9 nitrogen and oxygen atoms in total. The van der Waals surface area contributed by atoms with Gasteiger partial charge in [-0.15, -0.1) is 5.12 Å². The van der Waals surface area contributed by atoms with Crippen LogP contribution in [0.5, 0.6) is 0 Å². The van der Waals surface area contributed by atoms with Crippen LogP contribution < -0.4 is 9.84 Å². The summed E-state index contributed by atoms with van der Waals surface area (Å²) in [5, 5.41) is 9.94. The van der Waals surface area contributed by atoms with Crippen LogP contribution in [0, 0.1) is 11.3 Å². The van der Waals surface area contributed by atoms with Crippen LogP contribution >= 0.6 is 0 Å². The van der Waals surface area contributed by atoms with Crippen LogP contribution in [0.2, 0.25) is 0 Å². The Balaban J connectivity index is 2.61. The van der Waals surface area contributed by atoms with Gasteiger partial charge in [0.2, 0.25) is 0 Å². The number of benzene rings is 1. The van der Waals surface area contributed by atoms with Crippen molar-refractivity contribution in [3.05, 3.63) is 34.2 Å². The molecule has 0 bridgehead atoms. The zero-order valence-electron chi connectivity index (χ0n) is 9.14. The average Bonchev–Trinajstić information content (AvgIpc) is 2.64. The number of fused-ring (bicyclic) bond motifs is 1. The van der Waals surface area contributed by atoms with Crippen LogP contribution in [0.25, 0.3) is 10.4 Å². The first-order valence-electron chi connectivity index (χ1n) is 4.65. The maximum Gasteiger partial charge on any atom is 0.339 e. The van der Waals surface area contributed by atoms with Gasteiger partial charge >= 0.3 is 10.2 Å². The molecule has 92 valence electrons. The first-order valence-corrected chi connectivity index (χ1v) is 6.05. The van der Waals surface area contributed by atoms with Gasteiger partial charge in [0.1, 0.15) is 0 Å². The van der Waals surface area contributed by atoms with Crippen molar-refractivity contribution in [2.24, 2.45) is 4.52 Å². The second kappa shape index (κ2) is 4.08. The predicted molar refractivity (Wildman–Crippen MR) is 63.1 cm³/mol. The minimum atomic E-state index is -4.20. The van der Waals surface area contributed by atoms with Crippen molar-refractivity contribution >= 4 is 21.6 Å². The zero-order chi connectivity index (χ0) is 13.3. The van der Waals surface area contributed by atoms with Crippen LogP contribution in [0.1, 0.15) is 5.56 Å². The topological polar surface area (TPSA) is 125 Å². The molecule has 1 N–H and O–H groups in total. The molecule has 1 aliphatic rings. The van der Waals surface area contributed by atoms with Gasteiger partial charge in [0.15, 0.2) is 0 Å². The molecule has 1 aliphatic heterocycles. The van der Waals surface area contributed by atoms with E-state index in [1.54, 1.807) is 12.1 Å². The molecule has 0 spiro atoms. The zero-order valence-corrected chi connectivity index (χ0v) is 9.96. The van der Waals surface area contributed by atoms with Gasteiger partial charge in [0.05, 0.1) is 27.5 Å². The standard InChI is InChI=1S/C8H7N7O2S/c1-14-11-7-3-2-6(5-9)4-8(7)15(14)18(16,17)13-12-10/h2-4,11H,1H3. The summed E-state index contributed by atoms with van der Waals surface area (Å²) in [6.07, 6.45) is 0. The van der Waals surface area contributed by atoms with E-state index in [0.29, 0.717) is 11.3 Å². The normalized spacial score (nSPS) is 14.3. The molecular formula is C8H7N7O2S. The number of hydrogen-bond donors (Lipinski definition) is 1. The number of azide groups is 1. The van der Waals surface area contributed by atoms with Crippen LogP contribution in [0.4, 0.5) is 11.4 Å². The fraction of sp³-hybridized carbons (Fsp3) is 0.125. The summed E-state index contributed by atoms with van der Waals surface area (Å²) in [7, 11) is -2.76. The molecule has 1 aromatic carbocycles. The Morgan fingerprint density at radius 1 is 1.56 bits per heavy atom. The Labute approximate surface area is 103 Å². The number of nitrogens with zero attached hydrogens (tertiary/aromatic N) is 6. The van der Waals surface area contributed by atoms with E-state index in [0.717, 1.165) is 9.53 Å². The summed E-state index contributed by atoms with van der Waals surface area (Å²) in [5.41, 5.74) is 12.0. The molecule has 0 atom stereocenters. The molecule has 0 saturated heterocycles. The Hall–Kier alpha value is -2.47. The second-order valence-electron chi connectivity index (χ2n) is 3.37. The highest BCUT2D eigenvalue weighted by atomic mass is 32.2. The highest BCUT2D eigenvalue weighted by Gasteiger charge is 2.33. The Bertz CT molecular complexity index is 686. The number of nitriles is 1. The highest BCUT2D eigenvalue weighted by Crippen LogP contribution is 2.36. The lowest BCUT2D eigenvalue weighted by atomic mass is 10.2. The fourth-order valence-electron chi connectivity index (χ4n) is 1.60. The largest absolute Gasteiger partial charge is 0.339 e. The van der Waals surface area contributed by atoms with E-state index in [9.17, 15) is 8.42 Å².